The predicted molar refractivity (Wildman–Crippen MR) is 66.4 cm³/mol. The van der Waals surface area contributed by atoms with E-state index in [0.29, 0.717) is 12.2 Å². The smallest absolute Gasteiger partial charge is 0.246 e. The average Bonchev–Trinajstić information content (AvgIpc) is 3.03. The molecule has 3 atom stereocenters. The van der Waals surface area contributed by atoms with Crippen molar-refractivity contribution in [3.8, 4) is 5.75 Å². The van der Waals surface area contributed by atoms with Crippen LogP contribution in [0.15, 0.2) is 28.8 Å². The fourth-order valence-corrected chi connectivity index (χ4v) is 2.05. The van der Waals surface area contributed by atoms with E-state index in [1.165, 1.54) is 0 Å². The Labute approximate surface area is 110 Å². The first-order valence-corrected chi connectivity index (χ1v) is 6.17. The number of rotatable bonds is 3. The molecule has 3 unspecified atom stereocenters. The lowest BCUT2D eigenvalue weighted by Gasteiger charge is -2.08. The third-order valence-corrected chi connectivity index (χ3v) is 3.20. The van der Waals surface area contributed by atoms with E-state index in [9.17, 15) is 5.11 Å². The van der Waals surface area contributed by atoms with E-state index in [1.54, 1.807) is 6.92 Å². The normalized spacial score (nSPS) is 20.7. The average molecular weight is 261 g/mol. The van der Waals surface area contributed by atoms with Gasteiger partial charge in [0.05, 0.1) is 6.10 Å². The number of aliphatic hydroxyl groups excluding tert-OH is 1. The number of benzene rings is 1. The van der Waals surface area contributed by atoms with Crippen LogP contribution in [-0.4, -0.2) is 21.4 Å². The maximum absolute atomic E-state index is 9.41. The summed E-state index contributed by atoms with van der Waals surface area (Å²) in [4.78, 5) is 4.21. The number of ether oxygens (including phenoxy) is 1. The lowest BCUT2D eigenvalue weighted by atomic mass is 10.1. The molecule has 100 valence electrons. The number of hydrogen-bond acceptors (Lipinski definition) is 6. The summed E-state index contributed by atoms with van der Waals surface area (Å²) in [6.07, 6.45) is -0.287. The topological polar surface area (TPSA) is 94.4 Å². The quantitative estimate of drug-likeness (QED) is 0.860. The lowest BCUT2D eigenvalue weighted by Crippen LogP contribution is -2.23. The number of aliphatic hydroxyl groups is 1. The molecule has 6 heteroatoms. The zero-order valence-electron chi connectivity index (χ0n) is 10.5. The Bertz CT molecular complexity index is 557. The first-order valence-electron chi connectivity index (χ1n) is 6.17. The van der Waals surface area contributed by atoms with Crippen molar-refractivity contribution < 1.29 is 14.4 Å². The Hall–Kier alpha value is -1.92. The van der Waals surface area contributed by atoms with Gasteiger partial charge in [0.25, 0.3) is 0 Å². The minimum atomic E-state index is -0.741. The maximum Gasteiger partial charge on any atom is 0.246 e. The summed E-state index contributed by atoms with van der Waals surface area (Å²) in [5.41, 5.74) is 6.87. The van der Waals surface area contributed by atoms with Gasteiger partial charge in [-0.05, 0) is 18.6 Å². The fourth-order valence-electron chi connectivity index (χ4n) is 2.05. The van der Waals surface area contributed by atoms with Crippen LogP contribution in [0.2, 0.25) is 0 Å². The van der Waals surface area contributed by atoms with Gasteiger partial charge in [0, 0.05) is 6.42 Å². The third-order valence-electron chi connectivity index (χ3n) is 3.20. The fraction of sp³-hybridized carbons (Fsp3) is 0.385. The molecule has 2 aromatic rings. The minimum absolute atomic E-state index is 0.226. The van der Waals surface area contributed by atoms with Crippen LogP contribution in [0.5, 0.6) is 5.75 Å². The Morgan fingerprint density at radius 2 is 2.21 bits per heavy atom. The van der Waals surface area contributed by atoms with Crippen molar-refractivity contribution >= 4 is 0 Å². The molecule has 0 fully saturated rings. The van der Waals surface area contributed by atoms with Gasteiger partial charge in [0.1, 0.15) is 11.8 Å². The number of nitrogens with zero attached hydrogens (tertiary/aromatic N) is 2. The van der Waals surface area contributed by atoms with Gasteiger partial charge in [-0.2, -0.15) is 4.98 Å². The van der Waals surface area contributed by atoms with Crippen molar-refractivity contribution in [2.45, 2.75) is 31.6 Å². The van der Waals surface area contributed by atoms with E-state index < -0.39 is 12.1 Å². The Kier molecular flexibility index (Phi) is 2.96. The summed E-state index contributed by atoms with van der Waals surface area (Å²) in [6.45, 7) is 1.58. The highest BCUT2D eigenvalue weighted by Gasteiger charge is 2.29. The van der Waals surface area contributed by atoms with Crippen LogP contribution in [0.25, 0.3) is 0 Å². The molecule has 1 aliphatic heterocycles. The number of para-hydroxylation sites is 1. The van der Waals surface area contributed by atoms with Crippen molar-refractivity contribution in [3.05, 3.63) is 41.5 Å². The maximum atomic E-state index is 9.41. The van der Waals surface area contributed by atoms with Gasteiger partial charge >= 0.3 is 0 Å². The van der Waals surface area contributed by atoms with Crippen molar-refractivity contribution in [1.82, 2.24) is 10.1 Å². The Morgan fingerprint density at radius 3 is 2.95 bits per heavy atom. The summed E-state index contributed by atoms with van der Waals surface area (Å²) in [7, 11) is 0. The molecule has 3 rings (SSSR count). The molecular weight excluding hydrogens is 246 g/mol. The van der Waals surface area contributed by atoms with Gasteiger partial charge in [0.2, 0.25) is 11.7 Å². The molecule has 0 bridgehead atoms. The molecule has 0 saturated carbocycles. The Morgan fingerprint density at radius 1 is 1.42 bits per heavy atom. The molecule has 1 aromatic carbocycles. The van der Waals surface area contributed by atoms with Gasteiger partial charge < -0.3 is 20.1 Å². The van der Waals surface area contributed by atoms with Crippen LogP contribution < -0.4 is 10.5 Å². The molecule has 3 N–H and O–H groups in total. The van der Waals surface area contributed by atoms with Crippen LogP contribution in [0.3, 0.4) is 0 Å². The van der Waals surface area contributed by atoms with Crippen LogP contribution in [0.1, 0.15) is 36.3 Å². The zero-order chi connectivity index (χ0) is 13.4. The molecule has 2 heterocycles. The van der Waals surface area contributed by atoms with Gasteiger partial charge in [0.15, 0.2) is 6.10 Å². The summed E-state index contributed by atoms with van der Waals surface area (Å²) in [5.74, 6) is 1.53. The van der Waals surface area contributed by atoms with E-state index >= 15 is 0 Å². The molecule has 0 amide bonds. The van der Waals surface area contributed by atoms with Gasteiger partial charge in [-0.3, -0.25) is 0 Å². The van der Waals surface area contributed by atoms with Crippen molar-refractivity contribution in [2.75, 3.05) is 0 Å². The lowest BCUT2D eigenvalue weighted by molar-refractivity contribution is 0.146. The zero-order valence-corrected chi connectivity index (χ0v) is 10.5. The molecular formula is C13H15N3O3. The van der Waals surface area contributed by atoms with Crippen molar-refractivity contribution in [2.24, 2.45) is 5.73 Å². The Balaban J connectivity index is 1.79. The molecule has 0 radical (unpaired) electrons. The standard InChI is InChI=1S/C13H15N3O3/c1-7(17)11(14)13-15-12(16-19-13)10-6-8-4-2-3-5-9(8)18-10/h2-5,7,10-11,17H,6,14H2,1H3. The van der Waals surface area contributed by atoms with Crippen LogP contribution in [0.4, 0.5) is 0 Å². The van der Waals surface area contributed by atoms with Gasteiger partial charge in [-0.1, -0.05) is 23.4 Å². The summed E-state index contributed by atoms with van der Waals surface area (Å²) < 4.78 is 10.8. The molecule has 1 aliphatic rings. The predicted octanol–water partition coefficient (Wildman–Crippen LogP) is 1.13. The summed E-state index contributed by atoms with van der Waals surface area (Å²) in [5, 5.41) is 13.3. The second-order valence-electron chi connectivity index (χ2n) is 4.68. The monoisotopic (exact) mass is 261 g/mol. The SMILES string of the molecule is CC(O)C(N)c1nc(C2Cc3ccccc3O2)no1. The number of aromatic nitrogens is 2. The third kappa shape index (κ3) is 2.20. The minimum Gasteiger partial charge on any atom is -0.482 e. The van der Waals surface area contributed by atoms with Crippen molar-refractivity contribution in [1.29, 1.82) is 0 Å². The largest absolute Gasteiger partial charge is 0.482 e. The first kappa shape index (κ1) is 12.1. The molecule has 0 spiro atoms. The number of fused-ring (bicyclic) bond motifs is 1. The molecule has 0 saturated heterocycles. The van der Waals surface area contributed by atoms with Crippen LogP contribution in [-0.2, 0) is 6.42 Å². The summed E-state index contributed by atoms with van der Waals surface area (Å²) in [6, 6.07) is 7.14. The molecule has 6 nitrogen and oxygen atoms in total. The van der Waals surface area contributed by atoms with Crippen LogP contribution >= 0.6 is 0 Å². The molecule has 1 aromatic heterocycles. The van der Waals surface area contributed by atoms with E-state index in [4.69, 9.17) is 15.0 Å². The van der Waals surface area contributed by atoms with E-state index in [1.807, 2.05) is 24.3 Å². The second kappa shape index (κ2) is 4.64. The van der Waals surface area contributed by atoms with E-state index in [-0.39, 0.29) is 12.0 Å². The van der Waals surface area contributed by atoms with Gasteiger partial charge in [-0.15, -0.1) is 0 Å². The first-order chi connectivity index (χ1) is 9.15. The highest BCUT2D eigenvalue weighted by atomic mass is 16.5. The van der Waals surface area contributed by atoms with Gasteiger partial charge in [-0.25, -0.2) is 0 Å². The number of nitrogens with two attached hydrogens (primary N) is 1. The second-order valence-corrected chi connectivity index (χ2v) is 4.68. The molecule has 19 heavy (non-hydrogen) atoms. The molecule has 0 aliphatic carbocycles. The highest BCUT2D eigenvalue weighted by molar-refractivity contribution is 5.37. The van der Waals surface area contributed by atoms with Crippen LogP contribution in [0, 0.1) is 0 Å². The number of hydrogen-bond donors (Lipinski definition) is 2. The highest BCUT2D eigenvalue weighted by Crippen LogP contribution is 2.35. The summed E-state index contributed by atoms with van der Waals surface area (Å²) >= 11 is 0. The van der Waals surface area contributed by atoms with E-state index in [2.05, 4.69) is 10.1 Å². The van der Waals surface area contributed by atoms with E-state index in [0.717, 1.165) is 11.3 Å². The van der Waals surface area contributed by atoms with Crippen molar-refractivity contribution in [3.63, 3.8) is 0 Å².